The Morgan fingerprint density at radius 3 is 2.71 bits per heavy atom. The van der Waals surface area contributed by atoms with Crippen LogP contribution in [0.3, 0.4) is 0 Å². The third-order valence-corrected chi connectivity index (χ3v) is 4.77. The molecule has 3 rings (SSSR count). The minimum absolute atomic E-state index is 0.0272. The molecule has 4 atom stereocenters. The number of benzene rings is 1. The summed E-state index contributed by atoms with van der Waals surface area (Å²) in [5.41, 5.74) is 2.13. The fraction of sp³-hybridized carbons (Fsp3) is 0.368. The predicted molar refractivity (Wildman–Crippen MR) is 93.9 cm³/mol. The minimum atomic E-state index is -0.207. The van der Waals surface area contributed by atoms with Crippen LogP contribution in [0.25, 0.3) is 0 Å². The Bertz CT molecular complexity index is 690. The molecule has 4 unspecified atom stereocenters. The molecule has 1 aromatic carbocycles. The first-order valence-electron chi connectivity index (χ1n) is 8.08. The first kappa shape index (κ1) is 16.9. The quantitative estimate of drug-likeness (QED) is 0.868. The Kier molecular flexibility index (Phi) is 5.17. The van der Waals surface area contributed by atoms with Gasteiger partial charge in [0.05, 0.1) is 6.04 Å². The van der Waals surface area contributed by atoms with Gasteiger partial charge in [-0.2, -0.15) is 0 Å². The maximum absolute atomic E-state index is 12.5. The van der Waals surface area contributed by atoms with Crippen LogP contribution in [-0.4, -0.2) is 24.0 Å². The fourth-order valence-corrected chi connectivity index (χ4v) is 3.26. The monoisotopic (exact) mass is 344 g/mol. The van der Waals surface area contributed by atoms with Gasteiger partial charge in [-0.1, -0.05) is 29.8 Å². The Morgan fingerprint density at radius 1 is 1.33 bits per heavy atom. The standard InChI is InChI=1S/C19H21ClN2O2/c1-12(18(24-2)13-5-7-15(20)8-6-13)22-19(23)17-10-16(17)14-4-3-9-21-11-14/h3-9,11-12,16-18H,10H2,1-2H3,(H,22,23). The van der Waals surface area contributed by atoms with Gasteiger partial charge in [0, 0.05) is 30.4 Å². The lowest BCUT2D eigenvalue weighted by Gasteiger charge is -2.24. The van der Waals surface area contributed by atoms with E-state index in [1.54, 1.807) is 13.3 Å². The highest BCUT2D eigenvalue weighted by molar-refractivity contribution is 6.30. The number of nitrogens with one attached hydrogen (secondary N) is 1. The molecule has 1 fully saturated rings. The smallest absolute Gasteiger partial charge is 0.224 e. The van der Waals surface area contributed by atoms with E-state index in [0.29, 0.717) is 5.02 Å². The summed E-state index contributed by atoms with van der Waals surface area (Å²) in [5, 5.41) is 3.77. The lowest BCUT2D eigenvalue weighted by Crippen LogP contribution is -2.38. The van der Waals surface area contributed by atoms with Crippen molar-refractivity contribution in [3.05, 3.63) is 64.9 Å². The van der Waals surface area contributed by atoms with Gasteiger partial charge < -0.3 is 10.1 Å². The number of carbonyl (C=O) groups is 1. The SMILES string of the molecule is COC(c1ccc(Cl)cc1)C(C)NC(=O)C1CC1c1cccnc1. The average Bonchev–Trinajstić information content (AvgIpc) is 3.39. The minimum Gasteiger partial charge on any atom is -0.375 e. The van der Waals surface area contributed by atoms with E-state index >= 15 is 0 Å². The number of aromatic nitrogens is 1. The summed E-state index contributed by atoms with van der Waals surface area (Å²) in [7, 11) is 1.65. The van der Waals surface area contributed by atoms with Gasteiger partial charge in [0.15, 0.2) is 0 Å². The van der Waals surface area contributed by atoms with Gasteiger partial charge in [-0.25, -0.2) is 0 Å². The summed E-state index contributed by atoms with van der Waals surface area (Å²) >= 11 is 5.93. The molecule has 126 valence electrons. The van der Waals surface area contributed by atoms with Crippen molar-refractivity contribution in [2.24, 2.45) is 5.92 Å². The summed E-state index contributed by atoms with van der Waals surface area (Å²) in [6, 6.07) is 11.3. The van der Waals surface area contributed by atoms with Crippen LogP contribution in [-0.2, 0) is 9.53 Å². The number of carbonyl (C=O) groups excluding carboxylic acids is 1. The van der Waals surface area contributed by atoms with Crippen molar-refractivity contribution in [1.82, 2.24) is 10.3 Å². The molecule has 1 aliphatic carbocycles. The van der Waals surface area contributed by atoms with Crippen LogP contribution in [0, 0.1) is 5.92 Å². The van der Waals surface area contributed by atoms with Crippen LogP contribution in [0.4, 0.5) is 0 Å². The van der Waals surface area contributed by atoms with Crippen LogP contribution in [0.1, 0.15) is 36.5 Å². The Balaban J connectivity index is 1.60. The van der Waals surface area contributed by atoms with Crippen molar-refractivity contribution < 1.29 is 9.53 Å². The van der Waals surface area contributed by atoms with E-state index < -0.39 is 0 Å². The highest BCUT2D eigenvalue weighted by atomic mass is 35.5. The zero-order valence-corrected chi connectivity index (χ0v) is 14.5. The van der Waals surface area contributed by atoms with Gasteiger partial charge in [0.25, 0.3) is 0 Å². The van der Waals surface area contributed by atoms with Gasteiger partial charge in [-0.05, 0) is 48.6 Å². The third-order valence-electron chi connectivity index (χ3n) is 4.52. The normalized spacial score (nSPS) is 21.8. The molecule has 0 aliphatic heterocycles. The van der Waals surface area contributed by atoms with Gasteiger partial charge >= 0.3 is 0 Å². The number of pyridine rings is 1. The Hall–Kier alpha value is -1.91. The number of hydrogen-bond donors (Lipinski definition) is 1. The topological polar surface area (TPSA) is 51.2 Å². The van der Waals surface area contributed by atoms with E-state index in [1.807, 2.05) is 49.5 Å². The zero-order chi connectivity index (χ0) is 17.1. The summed E-state index contributed by atoms with van der Waals surface area (Å²) in [6.45, 7) is 1.96. The molecule has 5 heteroatoms. The van der Waals surface area contributed by atoms with Gasteiger partial charge in [0.1, 0.15) is 6.10 Å². The molecule has 0 saturated heterocycles. The number of rotatable bonds is 6. The Labute approximate surface area is 147 Å². The first-order chi connectivity index (χ1) is 11.6. The number of nitrogens with zero attached hydrogens (tertiary/aromatic N) is 1. The molecular weight excluding hydrogens is 324 g/mol. The molecule has 0 spiro atoms. The lowest BCUT2D eigenvalue weighted by molar-refractivity contribution is -0.124. The van der Waals surface area contributed by atoms with E-state index in [4.69, 9.17) is 16.3 Å². The third kappa shape index (κ3) is 3.77. The highest BCUT2D eigenvalue weighted by Gasteiger charge is 2.44. The maximum Gasteiger partial charge on any atom is 0.224 e. The van der Waals surface area contributed by atoms with Crippen molar-refractivity contribution in [2.45, 2.75) is 31.4 Å². The number of hydrogen-bond acceptors (Lipinski definition) is 3. The van der Waals surface area contributed by atoms with Crippen LogP contribution < -0.4 is 5.32 Å². The van der Waals surface area contributed by atoms with Crippen molar-refractivity contribution in [3.8, 4) is 0 Å². The number of methoxy groups -OCH3 is 1. The summed E-state index contributed by atoms with van der Waals surface area (Å²) in [5.74, 6) is 0.383. The fourth-order valence-electron chi connectivity index (χ4n) is 3.14. The molecule has 1 heterocycles. The van der Waals surface area contributed by atoms with Crippen molar-refractivity contribution >= 4 is 17.5 Å². The second-order valence-electron chi connectivity index (χ2n) is 6.24. The van der Waals surface area contributed by atoms with Crippen LogP contribution in [0.5, 0.6) is 0 Å². The Morgan fingerprint density at radius 2 is 2.08 bits per heavy atom. The van der Waals surface area contributed by atoms with E-state index in [0.717, 1.165) is 17.5 Å². The first-order valence-corrected chi connectivity index (χ1v) is 8.46. The molecule has 1 aromatic heterocycles. The number of amides is 1. The lowest BCUT2D eigenvalue weighted by atomic mass is 10.0. The molecule has 4 nitrogen and oxygen atoms in total. The van der Waals surface area contributed by atoms with Crippen LogP contribution >= 0.6 is 11.6 Å². The van der Waals surface area contributed by atoms with E-state index in [1.165, 1.54) is 0 Å². The van der Waals surface area contributed by atoms with Crippen molar-refractivity contribution in [2.75, 3.05) is 7.11 Å². The van der Waals surface area contributed by atoms with Crippen LogP contribution in [0.15, 0.2) is 48.8 Å². The molecule has 1 aliphatic rings. The summed E-state index contributed by atoms with van der Waals surface area (Å²) in [4.78, 5) is 16.6. The van der Waals surface area contributed by atoms with Crippen molar-refractivity contribution in [3.63, 3.8) is 0 Å². The molecule has 1 saturated carbocycles. The van der Waals surface area contributed by atoms with Gasteiger partial charge in [0.2, 0.25) is 5.91 Å². The zero-order valence-electron chi connectivity index (χ0n) is 13.8. The maximum atomic E-state index is 12.5. The van der Waals surface area contributed by atoms with Gasteiger partial charge in [-0.3, -0.25) is 9.78 Å². The largest absolute Gasteiger partial charge is 0.375 e. The van der Waals surface area contributed by atoms with E-state index in [9.17, 15) is 4.79 Å². The second kappa shape index (κ2) is 7.32. The second-order valence-corrected chi connectivity index (χ2v) is 6.68. The molecule has 24 heavy (non-hydrogen) atoms. The van der Waals surface area contributed by atoms with Crippen molar-refractivity contribution in [1.29, 1.82) is 0 Å². The molecule has 1 amide bonds. The molecule has 0 radical (unpaired) electrons. The summed E-state index contributed by atoms with van der Waals surface area (Å²) in [6.07, 6.45) is 4.26. The van der Waals surface area contributed by atoms with E-state index in [-0.39, 0.29) is 29.9 Å². The average molecular weight is 345 g/mol. The highest BCUT2D eigenvalue weighted by Crippen LogP contribution is 2.47. The predicted octanol–water partition coefficient (Wildman–Crippen LogP) is 3.73. The molecular formula is C19H21ClN2O2. The van der Waals surface area contributed by atoms with Crippen LogP contribution in [0.2, 0.25) is 5.02 Å². The number of ether oxygens (including phenoxy) is 1. The molecule has 1 N–H and O–H groups in total. The van der Waals surface area contributed by atoms with E-state index in [2.05, 4.69) is 10.3 Å². The molecule has 2 aromatic rings. The summed E-state index contributed by atoms with van der Waals surface area (Å²) < 4.78 is 5.58. The number of halogens is 1. The van der Waals surface area contributed by atoms with Gasteiger partial charge in [-0.15, -0.1) is 0 Å². The molecule has 0 bridgehead atoms.